The zero-order valence-electron chi connectivity index (χ0n) is 19.3. The van der Waals surface area contributed by atoms with E-state index in [2.05, 4.69) is 24.0 Å². The number of hydrogen-bond donors (Lipinski definition) is 4. The number of nitrogen functional groups attached to an aromatic ring is 1. The van der Waals surface area contributed by atoms with Crippen LogP contribution in [0.2, 0.25) is 6.82 Å². The van der Waals surface area contributed by atoms with Gasteiger partial charge in [-0.3, -0.25) is 37.0 Å². The van der Waals surface area contributed by atoms with Crippen molar-refractivity contribution in [3.8, 4) is 0 Å². The minimum absolute atomic E-state index is 0.0303. The number of phosphoric acid groups is 2. The van der Waals surface area contributed by atoms with Crippen LogP contribution in [-0.4, -0.2) is 83.0 Å². The number of aromatic nitrogens is 4. The molecule has 1 radical (unpaired) electrons. The quantitative estimate of drug-likeness (QED) is 0.198. The fourth-order valence-electron chi connectivity index (χ4n) is 3.03. The van der Waals surface area contributed by atoms with Gasteiger partial charge in [0, 0.05) is 21.3 Å². The van der Waals surface area contributed by atoms with Gasteiger partial charge in [-0.05, 0) is 0 Å². The molecule has 2 aromatic rings. The Morgan fingerprint density at radius 2 is 1.75 bits per heavy atom. The Bertz CT molecular complexity index is 1280. The Labute approximate surface area is 204 Å². The molecule has 1 aliphatic heterocycles. The van der Waals surface area contributed by atoms with Gasteiger partial charge >= 0.3 is 15.6 Å². The van der Waals surface area contributed by atoms with Gasteiger partial charge in [0.2, 0.25) is 5.95 Å². The van der Waals surface area contributed by atoms with Crippen LogP contribution in [0.4, 0.5) is 5.95 Å². The van der Waals surface area contributed by atoms with E-state index in [-0.39, 0.29) is 17.1 Å². The fraction of sp³-hybridized carbons (Fsp3) is 0.643. The first-order chi connectivity index (χ1) is 16.8. The molecule has 1 fully saturated rings. The van der Waals surface area contributed by atoms with Gasteiger partial charge < -0.3 is 20.7 Å². The van der Waals surface area contributed by atoms with Gasteiger partial charge in [-0.2, -0.15) is 4.98 Å². The van der Waals surface area contributed by atoms with Gasteiger partial charge in [-0.25, -0.2) is 22.7 Å². The highest BCUT2D eigenvalue weighted by molar-refractivity contribution is 7.90. The van der Waals surface area contributed by atoms with Crippen LogP contribution in [0.25, 0.3) is 11.2 Å². The van der Waals surface area contributed by atoms with E-state index < -0.39 is 59.8 Å². The van der Waals surface area contributed by atoms with Gasteiger partial charge in [0.25, 0.3) is 20.0 Å². The first-order valence-corrected chi connectivity index (χ1v) is 14.4. The van der Waals surface area contributed by atoms with E-state index in [0.29, 0.717) is 0 Å². The lowest BCUT2D eigenvalue weighted by molar-refractivity contribution is -0.0506. The maximum absolute atomic E-state index is 12.9. The Balaban J connectivity index is 1.76. The molecular weight excluding hydrogens is 550 g/mol. The summed E-state index contributed by atoms with van der Waals surface area (Å²) >= 11 is 0. The number of aliphatic hydroxyl groups is 2. The molecule has 1 aliphatic rings. The summed E-state index contributed by atoms with van der Waals surface area (Å²) in [5.41, 5.74) is 4.80. The van der Waals surface area contributed by atoms with Crippen LogP contribution in [-0.2, 0) is 45.1 Å². The molecule has 36 heavy (non-hydrogen) atoms. The predicted octanol–water partition coefficient (Wildman–Crippen LogP) is 0.387. The Hall–Kier alpha value is -1.46. The molecule has 0 spiro atoms. The van der Waals surface area contributed by atoms with E-state index >= 15 is 0 Å². The molecule has 2 unspecified atom stereocenters. The van der Waals surface area contributed by atoms with Gasteiger partial charge in [-0.15, -0.1) is 0 Å². The van der Waals surface area contributed by atoms with Crippen LogP contribution in [0.5, 0.6) is 0 Å². The zero-order chi connectivity index (χ0) is 26.9. The molecule has 0 aromatic carbocycles. The molecule has 6 atom stereocenters. The standard InChI is InChI=1S/C14H24BN5O13P3/c1-15-34(24,32-35(25,27-2)28-3)33-36(26,29-4)30-5-7-9(21)10(22)13(31-7)20-6-17-8-11(20)18-14(16)19-12(8)23/h6-7,9-10,13,21-22H,5H2,1-4H3,(H3,16,18,19,23)/t7-,9-,10-,13-,34?,36?/m1/s1. The number of nitrogens with one attached hydrogen (secondary N) is 1. The third-order valence-corrected chi connectivity index (χ3v) is 10.7. The minimum atomic E-state index is -4.69. The Morgan fingerprint density at radius 3 is 2.33 bits per heavy atom. The van der Waals surface area contributed by atoms with E-state index in [4.69, 9.17) is 28.1 Å². The molecule has 0 amide bonds. The predicted molar refractivity (Wildman–Crippen MR) is 122 cm³/mol. The van der Waals surface area contributed by atoms with Crippen molar-refractivity contribution >= 4 is 47.2 Å². The summed E-state index contributed by atoms with van der Waals surface area (Å²) in [5.74, 6) is -0.216. The molecule has 0 bridgehead atoms. The summed E-state index contributed by atoms with van der Waals surface area (Å²) in [6.07, 6.45) is -4.66. The number of nitrogens with two attached hydrogens (primary N) is 1. The molecule has 3 heterocycles. The number of phosphoric ester groups is 2. The van der Waals surface area contributed by atoms with Crippen molar-refractivity contribution in [2.75, 3.05) is 33.7 Å². The first-order valence-electron chi connectivity index (χ1n) is 9.92. The van der Waals surface area contributed by atoms with Crippen LogP contribution < -0.4 is 11.3 Å². The number of aliphatic hydroxyl groups excluding tert-OH is 2. The summed E-state index contributed by atoms with van der Waals surface area (Å²) in [4.78, 5) is 22.1. The SMILES string of the molecule is C[B]P(=O)(OP(=O)(OC)OC)OP(=O)(OC)OC[C@H]1O[C@@H](n2cnc3c(=O)[nH]c(N)nc32)[C@H](O)[C@@H]1O. The summed E-state index contributed by atoms with van der Waals surface area (Å²) < 4.78 is 73.4. The van der Waals surface area contributed by atoms with Crippen LogP contribution in [0.1, 0.15) is 6.23 Å². The average Bonchev–Trinajstić information content (AvgIpc) is 3.38. The van der Waals surface area contributed by atoms with E-state index in [1.807, 2.05) is 0 Å². The highest BCUT2D eigenvalue weighted by atomic mass is 31.3. The van der Waals surface area contributed by atoms with E-state index in [9.17, 15) is 28.7 Å². The van der Waals surface area contributed by atoms with Gasteiger partial charge in [0.15, 0.2) is 17.4 Å². The lowest BCUT2D eigenvalue weighted by atomic mass is 10.1. The third-order valence-electron chi connectivity index (χ3n) is 4.87. The first kappa shape index (κ1) is 29.1. The van der Waals surface area contributed by atoms with Crippen LogP contribution >= 0.6 is 23.1 Å². The number of H-pyrrole nitrogens is 1. The molecule has 0 aliphatic carbocycles. The van der Waals surface area contributed by atoms with Crippen molar-refractivity contribution in [3.63, 3.8) is 0 Å². The second kappa shape index (κ2) is 11.1. The number of fused-ring (bicyclic) bond motifs is 1. The van der Waals surface area contributed by atoms with Crippen molar-refractivity contribution in [2.24, 2.45) is 0 Å². The fourth-order valence-corrected chi connectivity index (χ4v) is 7.97. The zero-order valence-corrected chi connectivity index (χ0v) is 22.0. The second-order valence-corrected chi connectivity index (χ2v) is 13.1. The van der Waals surface area contributed by atoms with Crippen LogP contribution in [0, 0.1) is 0 Å². The van der Waals surface area contributed by atoms with Gasteiger partial charge in [0.1, 0.15) is 18.3 Å². The molecule has 0 saturated carbocycles. The summed E-state index contributed by atoms with van der Waals surface area (Å²) in [5, 5.41) is 21.0. The number of imidazole rings is 1. The summed E-state index contributed by atoms with van der Waals surface area (Å²) in [6.45, 7) is 1.30. The van der Waals surface area contributed by atoms with Crippen molar-refractivity contribution in [1.82, 2.24) is 19.5 Å². The maximum Gasteiger partial charge on any atom is 0.481 e. The van der Waals surface area contributed by atoms with Crippen molar-refractivity contribution < 1.29 is 55.4 Å². The topological polar surface area (TPSA) is 246 Å². The molecule has 1 saturated heterocycles. The monoisotopic (exact) mass is 574 g/mol. The third kappa shape index (κ3) is 5.99. The maximum atomic E-state index is 12.9. The van der Waals surface area contributed by atoms with Crippen LogP contribution in [0.15, 0.2) is 11.1 Å². The lowest BCUT2D eigenvalue weighted by Gasteiger charge is -2.25. The normalized spacial score (nSPS) is 26.1. The van der Waals surface area contributed by atoms with Gasteiger partial charge in [0.05, 0.1) is 12.9 Å². The lowest BCUT2D eigenvalue weighted by Crippen LogP contribution is -2.33. The molecule has 18 nitrogen and oxygen atoms in total. The van der Waals surface area contributed by atoms with E-state index in [1.54, 1.807) is 0 Å². The molecule has 3 rings (SSSR count). The highest BCUT2D eigenvalue weighted by Gasteiger charge is 2.47. The van der Waals surface area contributed by atoms with E-state index in [0.717, 1.165) is 34.7 Å². The van der Waals surface area contributed by atoms with Crippen molar-refractivity contribution in [1.29, 1.82) is 0 Å². The number of hydrogen-bond acceptors (Lipinski definition) is 16. The van der Waals surface area contributed by atoms with E-state index in [1.165, 1.54) is 11.4 Å². The molecular formula is C14H24BN5O13P3. The van der Waals surface area contributed by atoms with Crippen molar-refractivity contribution in [2.45, 2.75) is 31.4 Å². The highest BCUT2D eigenvalue weighted by Crippen LogP contribution is 2.71. The molecule has 201 valence electrons. The van der Waals surface area contributed by atoms with Crippen LogP contribution in [0.3, 0.4) is 0 Å². The number of rotatable bonds is 12. The summed E-state index contributed by atoms with van der Waals surface area (Å²) in [6, 6.07) is 0. The number of nitrogens with zero attached hydrogens (tertiary/aromatic N) is 3. The smallest absolute Gasteiger partial charge is 0.387 e. The largest absolute Gasteiger partial charge is 0.481 e. The molecule has 22 heteroatoms. The second-order valence-electron chi connectivity index (χ2n) is 7.02. The minimum Gasteiger partial charge on any atom is -0.387 e. The number of anilines is 1. The van der Waals surface area contributed by atoms with Gasteiger partial charge in [-0.1, -0.05) is 6.82 Å². The average molecular weight is 574 g/mol. The number of aromatic amines is 1. The number of ether oxygens (including phenoxy) is 1. The van der Waals surface area contributed by atoms with Crippen molar-refractivity contribution in [3.05, 3.63) is 16.7 Å². The Morgan fingerprint density at radius 1 is 1.14 bits per heavy atom. The molecule has 5 N–H and O–H groups in total. The Kier molecular flexibility index (Phi) is 8.98. The molecule has 2 aromatic heterocycles. The summed E-state index contributed by atoms with van der Waals surface area (Å²) in [7, 11) is -10.7.